The normalized spacial score (nSPS) is 10.3. The number of pyridine rings is 1. The molecule has 1 N–H and O–H groups in total. The molecule has 13 heavy (non-hydrogen) atoms. The fraction of sp³-hybridized carbons (Fsp3) is 0. The molecule has 0 saturated carbocycles. The Morgan fingerprint density at radius 2 is 2.08 bits per heavy atom. The molecule has 0 aliphatic carbocycles. The van der Waals surface area contributed by atoms with E-state index < -0.39 is 0 Å². The number of hydrogen-bond acceptors (Lipinski definition) is 1. The standard InChI is InChI=1S/C10H8ClNO/c1-13-10-6-8(11)7-4-2-3-5-9(7)12-10/h2-6,13H,1H2. The zero-order valence-electron chi connectivity index (χ0n) is 6.87. The summed E-state index contributed by atoms with van der Waals surface area (Å²) >= 11 is 6.01. The van der Waals surface area contributed by atoms with Crippen molar-refractivity contribution in [2.24, 2.45) is 0 Å². The number of para-hydroxylation sites is 1. The molecule has 0 amide bonds. The highest BCUT2D eigenvalue weighted by molar-refractivity contribution is 6.35. The first-order chi connectivity index (χ1) is 6.31. The summed E-state index contributed by atoms with van der Waals surface area (Å²) in [5.74, 6) is 0.559. The molecule has 0 spiro atoms. The third kappa shape index (κ3) is 1.45. The Labute approximate surface area is 81.1 Å². The second-order valence-corrected chi connectivity index (χ2v) is 3.04. The minimum atomic E-state index is 0.559. The maximum absolute atomic E-state index is 6.01. The van der Waals surface area contributed by atoms with Crippen LogP contribution >= 0.6 is 11.6 Å². The summed E-state index contributed by atoms with van der Waals surface area (Å²) in [5.41, 5.74) is 0.845. The van der Waals surface area contributed by atoms with Gasteiger partial charge in [0, 0.05) is 5.39 Å². The molecule has 0 atom stereocenters. The topological polar surface area (TPSA) is 25.7 Å². The number of aromatic hydroxyl groups is 1. The van der Waals surface area contributed by atoms with E-state index in [1.165, 1.54) is 0 Å². The Morgan fingerprint density at radius 1 is 1.31 bits per heavy atom. The van der Waals surface area contributed by atoms with Crippen molar-refractivity contribution in [1.82, 2.24) is 4.98 Å². The lowest BCUT2D eigenvalue weighted by atomic mass is 10.2. The number of aromatic nitrogens is 1. The number of benzene rings is 1. The first kappa shape index (κ1) is 8.32. The van der Waals surface area contributed by atoms with Gasteiger partial charge in [-0.2, -0.15) is 4.98 Å². The van der Waals surface area contributed by atoms with Crippen molar-refractivity contribution in [2.75, 3.05) is 0 Å². The lowest BCUT2D eigenvalue weighted by Gasteiger charge is -2.04. The average molecular weight is 194 g/mol. The predicted molar refractivity (Wildman–Crippen MR) is 53.8 cm³/mol. The highest BCUT2D eigenvalue weighted by atomic mass is 35.5. The van der Waals surface area contributed by atoms with Gasteiger partial charge in [-0.05, 0) is 13.2 Å². The first-order valence-electron chi connectivity index (χ1n) is 3.83. The number of ether oxygens (including phenoxy) is 1. The van der Waals surface area contributed by atoms with Crippen LogP contribution in [0, 0.1) is 7.11 Å². The van der Waals surface area contributed by atoms with Gasteiger partial charge in [0.05, 0.1) is 16.6 Å². The van der Waals surface area contributed by atoms with Crippen LogP contribution in [0.3, 0.4) is 0 Å². The van der Waals surface area contributed by atoms with Gasteiger partial charge >= 0.3 is 5.88 Å². The summed E-state index contributed by atoms with van der Waals surface area (Å²) < 4.78 is 3.74. The van der Waals surface area contributed by atoms with E-state index in [0.717, 1.165) is 10.9 Å². The van der Waals surface area contributed by atoms with Crippen molar-refractivity contribution in [3.8, 4) is 5.88 Å². The third-order valence-corrected chi connectivity index (χ3v) is 2.13. The maximum atomic E-state index is 6.01. The van der Waals surface area contributed by atoms with Gasteiger partial charge in [0.1, 0.15) is 0 Å². The summed E-state index contributed by atoms with van der Waals surface area (Å²) in [5, 5.41) is 1.60. The minimum Gasteiger partial charge on any atom is -0.707 e. The van der Waals surface area contributed by atoms with Crippen LogP contribution in [0.4, 0.5) is 0 Å². The monoisotopic (exact) mass is 193 g/mol. The third-order valence-electron chi connectivity index (χ3n) is 1.81. The number of hydrogen-bond donors (Lipinski definition) is 0. The van der Waals surface area contributed by atoms with Crippen LogP contribution in [-0.2, 0) is 0 Å². The number of halogens is 1. The Morgan fingerprint density at radius 3 is 2.85 bits per heavy atom. The Balaban J connectivity index is 2.77. The van der Waals surface area contributed by atoms with Gasteiger partial charge < -0.3 is 4.74 Å². The molecule has 0 bridgehead atoms. The van der Waals surface area contributed by atoms with Gasteiger partial charge in [0.25, 0.3) is 0 Å². The van der Waals surface area contributed by atoms with Crippen molar-refractivity contribution in [3.63, 3.8) is 0 Å². The summed E-state index contributed by atoms with van der Waals surface area (Å²) in [6.45, 7) is 0. The van der Waals surface area contributed by atoms with E-state index in [-0.39, 0.29) is 0 Å². The van der Waals surface area contributed by atoms with E-state index in [1.807, 2.05) is 24.3 Å². The van der Waals surface area contributed by atoms with E-state index >= 15 is 0 Å². The molecule has 1 aromatic carbocycles. The van der Waals surface area contributed by atoms with E-state index in [9.17, 15) is 0 Å². The largest absolute Gasteiger partial charge is 0.707 e. The highest BCUT2D eigenvalue weighted by Gasteiger charge is 2.04. The fourth-order valence-electron chi connectivity index (χ4n) is 1.20. The lowest BCUT2D eigenvalue weighted by Crippen LogP contribution is -1.84. The molecule has 0 radical (unpaired) electrons. The quantitative estimate of drug-likeness (QED) is 0.505. The number of rotatable bonds is 1. The summed E-state index contributed by atoms with van der Waals surface area (Å²) in [6.07, 6.45) is 0. The second kappa shape index (κ2) is 3.23. The molecule has 0 aliphatic heterocycles. The van der Waals surface area contributed by atoms with Crippen LogP contribution in [0.2, 0.25) is 5.02 Å². The Hall–Kier alpha value is -1.28. The smallest absolute Gasteiger partial charge is 0.330 e. The fourth-order valence-corrected chi connectivity index (χ4v) is 1.46. The summed E-state index contributed by atoms with van der Waals surface area (Å²) in [7, 11) is 3.41. The number of fused-ring (bicyclic) bond motifs is 1. The van der Waals surface area contributed by atoms with Crippen molar-refractivity contribution in [2.45, 2.75) is 0 Å². The zero-order chi connectivity index (χ0) is 9.26. The number of nitrogens with zero attached hydrogens (tertiary/aromatic N) is 1. The molecule has 1 heterocycles. The molecule has 0 aliphatic rings. The lowest BCUT2D eigenvalue weighted by molar-refractivity contribution is 0.175. The van der Waals surface area contributed by atoms with Gasteiger partial charge in [-0.1, -0.05) is 29.8 Å². The SMILES string of the molecule is [CH2-][OH+]c1cc(Cl)c2ccccc2n1. The van der Waals surface area contributed by atoms with E-state index in [2.05, 4.69) is 16.8 Å². The molecule has 0 fully saturated rings. The zero-order valence-corrected chi connectivity index (χ0v) is 7.62. The molecule has 66 valence electrons. The van der Waals surface area contributed by atoms with Gasteiger partial charge in [-0.15, -0.1) is 0 Å². The van der Waals surface area contributed by atoms with Crippen molar-refractivity contribution < 1.29 is 4.74 Å². The molecule has 0 unspecified atom stereocenters. The summed E-state index contributed by atoms with van der Waals surface area (Å²) in [6, 6.07) is 9.37. The molecular formula is C10H8ClNO. The minimum absolute atomic E-state index is 0.559. The van der Waals surface area contributed by atoms with Gasteiger partial charge in [-0.25, -0.2) is 0 Å². The van der Waals surface area contributed by atoms with Crippen LogP contribution < -0.4 is 0 Å². The van der Waals surface area contributed by atoms with Crippen LogP contribution in [0.5, 0.6) is 5.88 Å². The van der Waals surface area contributed by atoms with Crippen molar-refractivity contribution >= 4 is 22.5 Å². The Bertz CT molecular complexity index is 442. The summed E-state index contributed by atoms with van der Waals surface area (Å²) in [4.78, 5) is 4.24. The van der Waals surface area contributed by atoms with E-state index in [1.54, 1.807) is 6.07 Å². The average Bonchev–Trinajstić information content (AvgIpc) is 2.18. The highest BCUT2D eigenvalue weighted by Crippen LogP contribution is 2.25. The van der Waals surface area contributed by atoms with Crippen molar-refractivity contribution in [1.29, 1.82) is 0 Å². The molecule has 3 heteroatoms. The molecule has 0 saturated heterocycles. The second-order valence-electron chi connectivity index (χ2n) is 2.64. The first-order valence-corrected chi connectivity index (χ1v) is 4.21. The van der Waals surface area contributed by atoms with E-state index in [4.69, 9.17) is 11.6 Å². The number of aliphatic hydroxyl groups is 1. The van der Waals surface area contributed by atoms with E-state index in [0.29, 0.717) is 10.9 Å². The molecule has 2 aromatic rings. The molecule has 1 aromatic heterocycles. The van der Waals surface area contributed by atoms with Gasteiger partial charge in [0.15, 0.2) is 0 Å². The van der Waals surface area contributed by atoms with Crippen LogP contribution in [0.1, 0.15) is 0 Å². The van der Waals surface area contributed by atoms with Crippen LogP contribution in [-0.4, -0.2) is 9.72 Å². The molecule has 2 nitrogen and oxygen atoms in total. The molecular weight excluding hydrogens is 186 g/mol. The van der Waals surface area contributed by atoms with Gasteiger partial charge in [0.2, 0.25) is 0 Å². The Kier molecular flexibility index (Phi) is 2.07. The van der Waals surface area contributed by atoms with Gasteiger partial charge in [-0.3, -0.25) is 0 Å². The van der Waals surface area contributed by atoms with Crippen LogP contribution in [0.15, 0.2) is 30.3 Å². The maximum Gasteiger partial charge on any atom is 0.330 e. The van der Waals surface area contributed by atoms with Crippen LogP contribution in [0.25, 0.3) is 10.9 Å². The van der Waals surface area contributed by atoms with Crippen molar-refractivity contribution in [3.05, 3.63) is 42.5 Å². The predicted octanol–water partition coefficient (Wildman–Crippen LogP) is 2.92. The molecule has 2 rings (SSSR count).